The molecule has 0 fully saturated rings. The molecule has 1 aromatic heterocycles. The summed E-state index contributed by atoms with van der Waals surface area (Å²) in [6.45, 7) is 1.68. The Labute approximate surface area is 149 Å². The van der Waals surface area contributed by atoms with Gasteiger partial charge in [0, 0.05) is 22.9 Å². The number of carbonyl (C=O) groups excluding carboxylic acids is 3. The number of para-hydroxylation sites is 1. The predicted molar refractivity (Wildman–Crippen MR) is 96.0 cm³/mol. The lowest BCUT2D eigenvalue weighted by Crippen LogP contribution is -2.48. The molecule has 0 saturated carbocycles. The molecule has 7 heteroatoms. The van der Waals surface area contributed by atoms with Crippen LogP contribution in [0.4, 0.5) is 11.4 Å². The number of anilines is 2. The third kappa shape index (κ3) is 3.28. The standard InChI is InChI=1S/C18H18N2O4S/c1-11(17(22)19-14-10-25-9-13(14)18(23)24-2)20-15-6-4-3-5-12(15)7-8-16(20)21/h3-6,9-11H,7-8H2,1-2H3,(H,19,22). The van der Waals surface area contributed by atoms with Crippen LogP contribution in [0.2, 0.25) is 0 Å². The lowest BCUT2D eigenvalue weighted by Gasteiger charge is -2.33. The lowest BCUT2D eigenvalue weighted by molar-refractivity contribution is -0.123. The number of rotatable bonds is 4. The summed E-state index contributed by atoms with van der Waals surface area (Å²) in [5.41, 5.74) is 2.51. The molecule has 2 heterocycles. The summed E-state index contributed by atoms with van der Waals surface area (Å²) in [6.07, 6.45) is 1.05. The first kappa shape index (κ1) is 17.2. The van der Waals surface area contributed by atoms with Crippen LogP contribution < -0.4 is 10.2 Å². The molecule has 1 aliphatic rings. The molecular formula is C18H18N2O4S. The smallest absolute Gasteiger partial charge is 0.340 e. The summed E-state index contributed by atoms with van der Waals surface area (Å²) >= 11 is 1.29. The second-order valence-corrected chi connectivity index (χ2v) is 6.49. The molecule has 130 valence electrons. The van der Waals surface area contributed by atoms with Crippen LogP contribution in [-0.2, 0) is 20.7 Å². The summed E-state index contributed by atoms with van der Waals surface area (Å²) in [5.74, 6) is -0.947. The lowest BCUT2D eigenvalue weighted by atomic mass is 9.99. The van der Waals surface area contributed by atoms with Gasteiger partial charge in [-0.05, 0) is 25.0 Å². The molecule has 1 atom stereocenters. The first-order valence-electron chi connectivity index (χ1n) is 7.88. The van der Waals surface area contributed by atoms with Crippen molar-refractivity contribution in [2.75, 3.05) is 17.3 Å². The molecule has 2 aromatic rings. The fraction of sp³-hybridized carbons (Fsp3) is 0.278. The summed E-state index contributed by atoms with van der Waals surface area (Å²) in [7, 11) is 1.29. The van der Waals surface area contributed by atoms with Crippen molar-refractivity contribution in [3.63, 3.8) is 0 Å². The number of amides is 2. The van der Waals surface area contributed by atoms with E-state index in [9.17, 15) is 14.4 Å². The predicted octanol–water partition coefficient (Wildman–Crippen LogP) is 2.84. The van der Waals surface area contributed by atoms with Crippen molar-refractivity contribution in [2.24, 2.45) is 0 Å². The molecule has 0 spiro atoms. The molecule has 1 unspecified atom stereocenters. The monoisotopic (exact) mass is 358 g/mol. The Morgan fingerprint density at radius 3 is 2.76 bits per heavy atom. The summed E-state index contributed by atoms with van der Waals surface area (Å²) in [4.78, 5) is 38.3. The Morgan fingerprint density at radius 2 is 2.00 bits per heavy atom. The van der Waals surface area contributed by atoms with Crippen molar-refractivity contribution >= 4 is 40.5 Å². The second-order valence-electron chi connectivity index (χ2n) is 5.75. The van der Waals surface area contributed by atoms with Gasteiger partial charge in [-0.1, -0.05) is 18.2 Å². The third-order valence-corrected chi connectivity index (χ3v) is 4.96. The number of ether oxygens (including phenoxy) is 1. The highest BCUT2D eigenvalue weighted by atomic mass is 32.1. The largest absolute Gasteiger partial charge is 0.465 e. The molecule has 1 aliphatic heterocycles. The van der Waals surface area contributed by atoms with E-state index >= 15 is 0 Å². The van der Waals surface area contributed by atoms with E-state index in [1.54, 1.807) is 17.7 Å². The van der Waals surface area contributed by atoms with Crippen molar-refractivity contribution < 1.29 is 19.1 Å². The van der Waals surface area contributed by atoms with E-state index in [2.05, 4.69) is 5.32 Å². The van der Waals surface area contributed by atoms with Gasteiger partial charge in [0.2, 0.25) is 11.8 Å². The zero-order chi connectivity index (χ0) is 18.0. The Hall–Kier alpha value is -2.67. The molecule has 0 saturated heterocycles. The van der Waals surface area contributed by atoms with Crippen LogP contribution in [0.15, 0.2) is 35.0 Å². The number of nitrogens with zero attached hydrogens (tertiary/aromatic N) is 1. The maximum Gasteiger partial charge on any atom is 0.340 e. The highest BCUT2D eigenvalue weighted by Gasteiger charge is 2.32. The highest BCUT2D eigenvalue weighted by molar-refractivity contribution is 7.08. The van der Waals surface area contributed by atoms with E-state index in [1.165, 1.54) is 23.3 Å². The van der Waals surface area contributed by atoms with Crippen molar-refractivity contribution in [1.82, 2.24) is 0 Å². The fourth-order valence-electron chi connectivity index (χ4n) is 2.89. The zero-order valence-corrected chi connectivity index (χ0v) is 14.8. The number of nitrogens with one attached hydrogen (secondary N) is 1. The van der Waals surface area contributed by atoms with Gasteiger partial charge in [-0.15, -0.1) is 11.3 Å². The van der Waals surface area contributed by atoms with Crippen molar-refractivity contribution in [2.45, 2.75) is 25.8 Å². The summed E-state index contributed by atoms with van der Waals surface area (Å²) in [5, 5.41) is 6.02. The molecule has 0 aliphatic carbocycles. The van der Waals surface area contributed by atoms with Crippen LogP contribution in [0.25, 0.3) is 0 Å². The maximum atomic E-state index is 12.7. The molecule has 25 heavy (non-hydrogen) atoms. The van der Waals surface area contributed by atoms with E-state index in [1.807, 2.05) is 24.3 Å². The average Bonchev–Trinajstić information content (AvgIpc) is 3.08. The molecule has 0 radical (unpaired) electrons. The first-order chi connectivity index (χ1) is 12.0. The topological polar surface area (TPSA) is 75.7 Å². The van der Waals surface area contributed by atoms with Gasteiger partial charge in [-0.2, -0.15) is 0 Å². The van der Waals surface area contributed by atoms with Gasteiger partial charge in [-0.25, -0.2) is 4.79 Å². The fourth-order valence-corrected chi connectivity index (χ4v) is 3.64. The number of esters is 1. The Morgan fingerprint density at radius 1 is 1.24 bits per heavy atom. The Bertz CT molecular complexity index is 830. The molecule has 0 bridgehead atoms. The van der Waals surface area contributed by atoms with Crippen LogP contribution >= 0.6 is 11.3 Å². The van der Waals surface area contributed by atoms with Gasteiger partial charge < -0.3 is 10.1 Å². The number of hydrogen-bond donors (Lipinski definition) is 1. The average molecular weight is 358 g/mol. The molecule has 2 amide bonds. The highest BCUT2D eigenvalue weighted by Crippen LogP contribution is 2.30. The number of carbonyl (C=O) groups is 3. The van der Waals surface area contributed by atoms with Crippen molar-refractivity contribution in [1.29, 1.82) is 0 Å². The molecule has 1 N–H and O–H groups in total. The number of methoxy groups -OCH3 is 1. The maximum absolute atomic E-state index is 12.7. The second kappa shape index (κ2) is 7.06. The van der Waals surface area contributed by atoms with E-state index < -0.39 is 12.0 Å². The molecule has 3 rings (SSSR count). The molecule has 6 nitrogen and oxygen atoms in total. The number of benzene rings is 1. The van der Waals surface area contributed by atoms with Crippen LogP contribution in [0, 0.1) is 0 Å². The Balaban J connectivity index is 1.83. The number of fused-ring (bicyclic) bond motifs is 1. The van der Waals surface area contributed by atoms with E-state index in [0.29, 0.717) is 24.1 Å². The quantitative estimate of drug-likeness (QED) is 0.853. The molecule has 1 aromatic carbocycles. The Kier molecular flexibility index (Phi) is 4.85. The first-order valence-corrected chi connectivity index (χ1v) is 8.82. The SMILES string of the molecule is COC(=O)c1cscc1NC(=O)C(C)N1C(=O)CCc2ccccc21. The normalized spacial score (nSPS) is 14.6. The van der Waals surface area contributed by atoms with Crippen LogP contribution in [0.3, 0.4) is 0 Å². The van der Waals surface area contributed by atoms with Crippen molar-refractivity contribution in [3.8, 4) is 0 Å². The minimum absolute atomic E-state index is 0.0835. The van der Waals surface area contributed by atoms with Crippen LogP contribution in [0.1, 0.15) is 29.3 Å². The zero-order valence-electron chi connectivity index (χ0n) is 13.9. The summed E-state index contributed by atoms with van der Waals surface area (Å²) in [6, 6.07) is 6.89. The van der Waals surface area contributed by atoms with Crippen LogP contribution in [-0.4, -0.2) is 30.9 Å². The number of hydrogen-bond acceptors (Lipinski definition) is 5. The van der Waals surface area contributed by atoms with E-state index in [4.69, 9.17) is 4.74 Å². The van der Waals surface area contributed by atoms with Gasteiger partial charge in [0.25, 0.3) is 0 Å². The van der Waals surface area contributed by atoms with Crippen LogP contribution in [0.5, 0.6) is 0 Å². The molecular weight excluding hydrogens is 340 g/mol. The summed E-state index contributed by atoms with van der Waals surface area (Å²) < 4.78 is 4.71. The number of thiophene rings is 1. The minimum Gasteiger partial charge on any atom is -0.465 e. The minimum atomic E-state index is -0.695. The van der Waals surface area contributed by atoms with Crippen molar-refractivity contribution in [3.05, 3.63) is 46.2 Å². The van der Waals surface area contributed by atoms with E-state index in [0.717, 1.165) is 11.3 Å². The van der Waals surface area contributed by atoms with Gasteiger partial charge >= 0.3 is 5.97 Å². The van der Waals surface area contributed by atoms with Gasteiger partial charge in [0.15, 0.2) is 0 Å². The third-order valence-electron chi connectivity index (χ3n) is 4.22. The number of aryl methyl sites for hydroxylation is 1. The van der Waals surface area contributed by atoms with Gasteiger partial charge in [-0.3, -0.25) is 14.5 Å². The van der Waals surface area contributed by atoms with Gasteiger partial charge in [0.1, 0.15) is 6.04 Å². The van der Waals surface area contributed by atoms with E-state index in [-0.39, 0.29) is 11.8 Å². The van der Waals surface area contributed by atoms with Gasteiger partial charge in [0.05, 0.1) is 18.4 Å².